The van der Waals surface area contributed by atoms with E-state index in [2.05, 4.69) is 6.07 Å². The summed E-state index contributed by atoms with van der Waals surface area (Å²) in [5.41, 5.74) is 3.34. The van der Waals surface area contributed by atoms with Gasteiger partial charge >= 0.3 is 5.63 Å². The molecule has 0 bridgehead atoms. The van der Waals surface area contributed by atoms with Crippen LogP contribution >= 0.6 is 11.8 Å². The van der Waals surface area contributed by atoms with Crippen molar-refractivity contribution in [3.63, 3.8) is 0 Å². The Bertz CT molecular complexity index is 1640. The van der Waals surface area contributed by atoms with Gasteiger partial charge in [-0.3, -0.25) is 4.79 Å². The molecule has 0 fully saturated rings. The predicted octanol–water partition coefficient (Wildman–Crippen LogP) is 6.37. The fourth-order valence-corrected chi connectivity index (χ4v) is 4.69. The molecule has 0 saturated carbocycles. The molecule has 0 N–H and O–H groups in total. The zero-order chi connectivity index (χ0) is 24.2. The van der Waals surface area contributed by atoms with Gasteiger partial charge in [-0.25, -0.2) is 9.78 Å². The van der Waals surface area contributed by atoms with Crippen LogP contribution in [0, 0.1) is 11.3 Å². The van der Waals surface area contributed by atoms with Crippen molar-refractivity contribution in [1.82, 2.24) is 4.98 Å². The van der Waals surface area contributed by atoms with Crippen LogP contribution in [0.5, 0.6) is 0 Å². The molecule has 5 rings (SSSR count). The zero-order valence-electron chi connectivity index (χ0n) is 18.5. The van der Waals surface area contributed by atoms with Crippen LogP contribution in [-0.4, -0.2) is 16.5 Å². The van der Waals surface area contributed by atoms with Crippen molar-refractivity contribution in [3.05, 3.63) is 119 Å². The Hall–Kier alpha value is -4.47. The summed E-state index contributed by atoms with van der Waals surface area (Å²) in [5, 5.41) is 11.1. The van der Waals surface area contributed by atoms with E-state index in [0.29, 0.717) is 27.3 Å². The smallest absolute Gasteiger partial charge is 0.347 e. The Morgan fingerprint density at radius 1 is 0.886 bits per heavy atom. The Balaban J connectivity index is 1.54. The number of hydrogen-bond acceptors (Lipinski definition) is 6. The Kier molecular flexibility index (Phi) is 6.25. The maximum Gasteiger partial charge on any atom is 0.347 e. The van der Waals surface area contributed by atoms with Gasteiger partial charge in [0.1, 0.15) is 22.2 Å². The number of nitrogens with zero attached hydrogens (tertiary/aromatic N) is 2. The fourth-order valence-electron chi connectivity index (χ4n) is 3.80. The summed E-state index contributed by atoms with van der Waals surface area (Å²) in [6, 6.07) is 32.0. The van der Waals surface area contributed by atoms with E-state index in [-0.39, 0.29) is 17.1 Å². The van der Waals surface area contributed by atoms with Crippen LogP contribution in [0.25, 0.3) is 33.4 Å². The third-order valence-corrected chi connectivity index (χ3v) is 6.51. The highest BCUT2D eigenvalue weighted by atomic mass is 32.2. The second kappa shape index (κ2) is 9.80. The Morgan fingerprint density at radius 2 is 1.54 bits per heavy atom. The van der Waals surface area contributed by atoms with Crippen LogP contribution in [0.2, 0.25) is 0 Å². The molecule has 0 atom stereocenters. The number of nitriles is 1. The normalized spacial score (nSPS) is 10.7. The number of benzene rings is 3. The van der Waals surface area contributed by atoms with Gasteiger partial charge in [0.05, 0.1) is 17.0 Å². The van der Waals surface area contributed by atoms with Crippen LogP contribution in [0.3, 0.4) is 0 Å². The van der Waals surface area contributed by atoms with Crippen molar-refractivity contribution in [1.29, 1.82) is 5.26 Å². The summed E-state index contributed by atoms with van der Waals surface area (Å²) >= 11 is 1.14. The number of Topliss-reactive ketones (excluding diaryl/α,β-unsaturated/α-hetero) is 1. The number of thioether (sulfide) groups is 1. The lowest BCUT2D eigenvalue weighted by molar-refractivity contribution is 0.101. The third-order valence-electron chi connectivity index (χ3n) is 5.53. The SMILES string of the molecule is N#Cc1c(-c2ccccc2)cc(-c2ccccc2)nc1SCC(=O)c1cc2ccccc2oc1=O. The second-order valence-corrected chi connectivity index (χ2v) is 8.74. The number of carbonyl (C=O) groups excluding carboxylic acids is 1. The summed E-state index contributed by atoms with van der Waals surface area (Å²) in [5.74, 6) is -0.441. The van der Waals surface area contributed by atoms with Gasteiger partial charge in [-0.1, -0.05) is 90.6 Å². The summed E-state index contributed by atoms with van der Waals surface area (Å²) < 4.78 is 5.31. The maximum absolute atomic E-state index is 13.0. The van der Waals surface area contributed by atoms with E-state index in [1.54, 1.807) is 24.3 Å². The second-order valence-electron chi connectivity index (χ2n) is 7.78. The molecular weight excluding hydrogens is 456 g/mol. The standard InChI is InChI=1S/C29H18N2O3S/c30-17-24-22(19-9-3-1-4-10-19)16-25(20-11-5-2-6-12-20)31-28(24)35-18-26(32)23-15-21-13-7-8-14-27(21)34-29(23)33/h1-16H,18H2. The van der Waals surface area contributed by atoms with Gasteiger partial charge < -0.3 is 4.42 Å². The lowest BCUT2D eigenvalue weighted by Crippen LogP contribution is -2.15. The molecule has 0 aliphatic rings. The number of ketones is 1. The van der Waals surface area contributed by atoms with Crippen molar-refractivity contribution in [2.24, 2.45) is 0 Å². The van der Waals surface area contributed by atoms with Crippen LogP contribution in [0.15, 0.2) is 111 Å². The minimum Gasteiger partial charge on any atom is -0.422 e. The number of pyridine rings is 1. The lowest BCUT2D eigenvalue weighted by atomic mass is 9.99. The number of carbonyl (C=O) groups is 1. The van der Waals surface area contributed by atoms with Crippen LogP contribution in [-0.2, 0) is 0 Å². The van der Waals surface area contributed by atoms with Crippen molar-refractivity contribution >= 4 is 28.5 Å². The average Bonchev–Trinajstić information content (AvgIpc) is 2.91. The fraction of sp³-hybridized carbons (Fsp3) is 0.0345. The maximum atomic E-state index is 13.0. The minimum absolute atomic E-state index is 0.0165. The molecule has 0 unspecified atom stereocenters. The van der Waals surface area contributed by atoms with Crippen molar-refractivity contribution in [2.75, 3.05) is 5.75 Å². The molecule has 5 aromatic rings. The number of hydrogen-bond donors (Lipinski definition) is 0. The number of aromatic nitrogens is 1. The van der Waals surface area contributed by atoms with E-state index < -0.39 is 5.63 Å². The molecule has 0 radical (unpaired) electrons. The van der Waals surface area contributed by atoms with Gasteiger partial charge in [-0.15, -0.1) is 0 Å². The average molecular weight is 475 g/mol. The topological polar surface area (TPSA) is 84.0 Å². The molecule has 0 amide bonds. The van der Waals surface area contributed by atoms with E-state index in [9.17, 15) is 14.9 Å². The monoisotopic (exact) mass is 474 g/mol. The van der Waals surface area contributed by atoms with Gasteiger partial charge in [-0.2, -0.15) is 5.26 Å². The zero-order valence-corrected chi connectivity index (χ0v) is 19.3. The molecule has 0 spiro atoms. The lowest BCUT2D eigenvalue weighted by Gasteiger charge is -2.12. The molecule has 0 aliphatic heterocycles. The predicted molar refractivity (Wildman–Crippen MR) is 137 cm³/mol. The first-order valence-corrected chi connectivity index (χ1v) is 11.9. The number of para-hydroxylation sites is 1. The highest BCUT2D eigenvalue weighted by Crippen LogP contribution is 2.34. The van der Waals surface area contributed by atoms with Crippen molar-refractivity contribution < 1.29 is 9.21 Å². The van der Waals surface area contributed by atoms with Crippen molar-refractivity contribution in [3.8, 4) is 28.5 Å². The quantitative estimate of drug-likeness (QED) is 0.162. The molecule has 3 aromatic carbocycles. The van der Waals surface area contributed by atoms with Gasteiger partial charge in [0.15, 0.2) is 5.78 Å². The number of fused-ring (bicyclic) bond motifs is 1. The van der Waals surface area contributed by atoms with E-state index >= 15 is 0 Å². The van der Waals surface area contributed by atoms with Gasteiger partial charge in [0.2, 0.25) is 0 Å². The summed E-state index contributed by atoms with van der Waals surface area (Å²) in [6.45, 7) is 0. The summed E-state index contributed by atoms with van der Waals surface area (Å²) in [4.78, 5) is 30.1. The minimum atomic E-state index is -0.675. The molecule has 2 aromatic heterocycles. The number of rotatable bonds is 6. The van der Waals surface area contributed by atoms with E-state index in [1.165, 1.54) is 0 Å². The van der Waals surface area contributed by atoms with Gasteiger partial charge in [-0.05, 0) is 23.8 Å². The first kappa shape index (κ1) is 22.3. The largest absolute Gasteiger partial charge is 0.422 e. The van der Waals surface area contributed by atoms with E-state index in [4.69, 9.17) is 9.40 Å². The van der Waals surface area contributed by atoms with Crippen LogP contribution in [0.4, 0.5) is 0 Å². The third kappa shape index (κ3) is 4.63. The first-order valence-electron chi connectivity index (χ1n) is 10.9. The van der Waals surface area contributed by atoms with E-state index in [1.807, 2.05) is 72.8 Å². The van der Waals surface area contributed by atoms with E-state index in [0.717, 1.165) is 28.5 Å². The molecule has 2 heterocycles. The summed E-state index contributed by atoms with van der Waals surface area (Å²) in [7, 11) is 0. The first-order chi connectivity index (χ1) is 17.1. The molecule has 35 heavy (non-hydrogen) atoms. The molecular formula is C29H18N2O3S. The van der Waals surface area contributed by atoms with Crippen LogP contribution in [0.1, 0.15) is 15.9 Å². The molecule has 0 saturated heterocycles. The highest BCUT2D eigenvalue weighted by Gasteiger charge is 2.19. The van der Waals surface area contributed by atoms with Crippen molar-refractivity contribution in [2.45, 2.75) is 5.03 Å². The Morgan fingerprint density at radius 3 is 2.26 bits per heavy atom. The Labute approximate surface area is 205 Å². The molecule has 0 aliphatic carbocycles. The molecule has 168 valence electrons. The molecule has 5 nitrogen and oxygen atoms in total. The van der Waals surface area contributed by atoms with Gasteiger partial charge in [0, 0.05) is 16.5 Å². The molecule has 6 heteroatoms. The van der Waals surface area contributed by atoms with Crippen LogP contribution < -0.4 is 5.63 Å². The van der Waals surface area contributed by atoms with Gasteiger partial charge in [0.25, 0.3) is 0 Å². The summed E-state index contributed by atoms with van der Waals surface area (Å²) in [6.07, 6.45) is 0. The highest BCUT2D eigenvalue weighted by molar-refractivity contribution is 8.00.